The highest BCUT2D eigenvalue weighted by molar-refractivity contribution is 6.43. The van der Waals surface area contributed by atoms with E-state index in [9.17, 15) is 14.4 Å². The Hall–Kier alpha value is -2.70. The molecule has 0 aromatic heterocycles. The Bertz CT molecular complexity index is 554. The minimum atomic E-state index is -0.670. The maximum Gasteiger partial charge on any atom is 0.359 e. The highest BCUT2D eigenvalue weighted by Gasteiger charge is 2.16. The maximum atomic E-state index is 11.9. The molecule has 0 unspecified atom stereocenters. The Kier molecular flexibility index (Phi) is 7.32. The van der Waals surface area contributed by atoms with Crippen LogP contribution in [0.15, 0.2) is 35.4 Å². The number of carbonyl (C=O) groups excluding carboxylic acids is 3. The number of carbonyl (C=O) groups is 3. The number of nitrogens with one attached hydrogen (secondary N) is 1. The zero-order valence-corrected chi connectivity index (χ0v) is 12.5. The smallest absolute Gasteiger partial charge is 0.359 e. The molecule has 7 nitrogen and oxygen atoms in total. The molecule has 1 aromatic rings. The molecule has 0 heterocycles. The average Bonchev–Trinajstić information content (AvgIpc) is 2.49. The van der Waals surface area contributed by atoms with Gasteiger partial charge in [-0.1, -0.05) is 30.3 Å². The second kappa shape index (κ2) is 9.28. The minimum absolute atomic E-state index is 0.0420. The van der Waals surface area contributed by atoms with Crippen LogP contribution in [-0.4, -0.2) is 36.8 Å². The number of amides is 1. The number of hydrazone groups is 1. The first kappa shape index (κ1) is 17.4. The number of benzene rings is 1. The van der Waals surface area contributed by atoms with Gasteiger partial charge >= 0.3 is 11.9 Å². The van der Waals surface area contributed by atoms with Crippen molar-refractivity contribution in [2.24, 2.45) is 5.10 Å². The number of hydrogen-bond donors (Lipinski definition) is 1. The zero-order chi connectivity index (χ0) is 16.4. The molecule has 0 spiro atoms. The van der Waals surface area contributed by atoms with E-state index in [1.165, 1.54) is 0 Å². The van der Waals surface area contributed by atoms with Gasteiger partial charge in [0.15, 0.2) is 5.71 Å². The Morgan fingerprint density at radius 1 is 1.05 bits per heavy atom. The van der Waals surface area contributed by atoms with E-state index >= 15 is 0 Å². The third-order valence-corrected chi connectivity index (χ3v) is 2.42. The van der Waals surface area contributed by atoms with Crippen LogP contribution in [-0.2, 0) is 23.9 Å². The molecule has 1 rings (SSSR count). The molecule has 0 aliphatic rings. The first-order valence-corrected chi connectivity index (χ1v) is 6.83. The van der Waals surface area contributed by atoms with Gasteiger partial charge < -0.3 is 9.47 Å². The molecule has 1 N–H and O–H groups in total. The van der Waals surface area contributed by atoms with E-state index in [-0.39, 0.29) is 18.9 Å². The summed E-state index contributed by atoms with van der Waals surface area (Å²) in [6, 6.07) is 8.56. The molecule has 0 saturated carbocycles. The molecule has 0 bridgehead atoms. The molecule has 1 amide bonds. The highest BCUT2D eigenvalue weighted by atomic mass is 16.5. The molecule has 0 fully saturated rings. The monoisotopic (exact) mass is 306 g/mol. The van der Waals surface area contributed by atoms with Crippen molar-refractivity contribution < 1.29 is 23.9 Å². The van der Waals surface area contributed by atoms with Gasteiger partial charge in [0.2, 0.25) is 0 Å². The fraction of sp³-hybridized carbons (Fsp3) is 0.333. The van der Waals surface area contributed by atoms with Crippen molar-refractivity contribution in [1.82, 2.24) is 5.43 Å². The van der Waals surface area contributed by atoms with Crippen LogP contribution >= 0.6 is 0 Å². The van der Waals surface area contributed by atoms with Gasteiger partial charge in [0.05, 0.1) is 13.2 Å². The van der Waals surface area contributed by atoms with Crippen molar-refractivity contribution in [3.8, 4) is 0 Å². The molecule has 7 heteroatoms. The Labute approximate surface area is 128 Å². The van der Waals surface area contributed by atoms with Crippen LogP contribution in [0.1, 0.15) is 25.8 Å². The Balaban J connectivity index is 2.81. The lowest BCUT2D eigenvalue weighted by Crippen LogP contribution is -2.27. The summed E-state index contributed by atoms with van der Waals surface area (Å²) >= 11 is 0. The number of esters is 2. The van der Waals surface area contributed by atoms with Crippen molar-refractivity contribution >= 4 is 23.6 Å². The standard InChI is InChI=1S/C15H18N2O5/c1-3-21-13(19)10-12(18)16-17-14(15(20)22-4-2)11-8-6-5-7-9-11/h5-9H,3-4,10H2,1-2H3,(H,16,18)/b17-14+. The van der Waals surface area contributed by atoms with Gasteiger partial charge in [0.1, 0.15) is 6.42 Å². The topological polar surface area (TPSA) is 94.1 Å². The van der Waals surface area contributed by atoms with E-state index in [1.54, 1.807) is 44.2 Å². The molecule has 0 radical (unpaired) electrons. The lowest BCUT2D eigenvalue weighted by molar-refractivity contribution is -0.146. The molecule has 1 aromatic carbocycles. The lowest BCUT2D eigenvalue weighted by atomic mass is 10.1. The van der Waals surface area contributed by atoms with Gasteiger partial charge in [-0.15, -0.1) is 0 Å². The van der Waals surface area contributed by atoms with Crippen molar-refractivity contribution in [3.63, 3.8) is 0 Å². The number of ether oxygens (including phenoxy) is 2. The van der Waals surface area contributed by atoms with E-state index in [0.717, 1.165) is 0 Å². The lowest BCUT2D eigenvalue weighted by Gasteiger charge is -2.06. The molecule has 0 saturated heterocycles. The van der Waals surface area contributed by atoms with Gasteiger partial charge in [-0.3, -0.25) is 9.59 Å². The highest BCUT2D eigenvalue weighted by Crippen LogP contribution is 2.03. The number of nitrogens with zero attached hydrogens (tertiary/aromatic N) is 1. The number of rotatable bonds is 7. The predicted octanol–water partition coefficient (Wildman–Crippen LogP) is 1.02. The van der Waals surface area contributed by atoms with Gasteiger partial charge in [-0.2, -0.15) is 5.10 Å². The Morgan fingerprint density at radius 2 is 1.68 bits per heavy atom. The summed E-state index contributed by atoms with van der Waals surface area (Å²) in [6.07, 6.45) is -0.470. The average molecular weight is 306 g/mol. The molecular formula is C15H18N2O5. The van der Waals surface area contributed by atoms with Crippen molar-refractivity contribution in [1.29, 1.82) is 0 Å². The zero-order valence-electron chi connectivity index (χ0n) is 12.5. The van der Waals surface area contributed by atoms with Crippen molar-refractivity contribution in [2.75, 3.05) is 13.2 Å². The molecule has 22 heavy (non-hydrogen) atoms. The van der Waals surface area contributed by atoms with E-state index in [2.05, 4.69) is 15.3 Å². The quantitative estimate of drug-likeness (QED) is 0.351. The molecule has 118 valence electrons. The second-order valence-electron chi connectivity index (χ2n) is 4.06. The van der Waals surface area contributed by atoms with Gasteiger partial charge in [-0.05, 0) is 13.8 Å². The fourth-order valence-corrected chi connectivity index (χ4v) is 1.52. The summed E-state index contributed by atoms with van der Waals surface area (Å²) in [5, 5.41) is 3.76. The Morgan fingerprint density at radius 3 is 2.27 bits per heavy atom. The van der Waals surface area contributed by atoms with E-state index < -0.39 is 24.3 Å². The van der Waals surface area contributed by atoms with Crippen LogP contribution in [0.4, 0.5) is 0 Å². The normalized spacial score (nSPS) is 10.7. The molecule has 0 atom stereocenters. The summed E-state index contributed by atoms with van der Waals surface area (Å²) in [5.74, 6) is -1.99. The van der Waals surface area contributed by atoms with Crippen LogP contribution in [0.3, 0.4) is 0 Å². The number of hydrogen-bond acceptors (Lipinski definition) is 6. The molecule has 0 aliphatic heterocycles. The summed E-state index contributed by atoms with van der Waals surface area (Å²) < 4.78 is 9.55. The van der Waals surface area contributed by atoms with Gasteiger partial charge in [0, 0.05) is 5.56 Å². The minimum Gasteiger partial charge on any atom is -0.466 e. The SMILES string of the molecule is CCOC(=O)CC(=O)N/N=C(/C(=O)OCC)c1ccccc1. The third-order valence-electron chi connectivity index (χ3n) is 2.42. The van der Waals surface area contributed by atoms with E-state index in [1.807, 2.05) is 0 Å². The third kappa shape index (κ3) is 5.74. The second-order valence-corrected chi connectivity index (χ2v) is 4.06. The largest absolute Gasteiger partial charge is 0.466 e. The summed E-state index contributed by atoms with van der Waals surface area (Å²) in [4.78, 5) is 34.6. The van der Waals surface area contributed by atoms with Gasteiger partial charge in [-0.25, -0.2) is 10.2 Å². The maximum absolute atomic E-state index is 11.9. The van der Waals surface area contributed by atoms with Crippen LogP contribution in [0.5, 0.6) is 0 Å². The molecule has 0 aliphatic carbocycles. The fourth-order valence-electron chi connectivity index (χ4n) is 1.52. The summed E-state index contributed by atoms with van der Waals surface area (Å²) in [7, 11) is 0. The van der Waals surface area contributed by atoms with Crippen molar-refractivity contribution in [3.05, 3.63) is 35.9 Å². The van der Waals surface area contributed by atoms with E-state index in [0.29, 0.717) is 5.56 Å². The van der Waals surface area contributed by atoms with Crippen LogP contribution in [0, 0.1) is 0 Å². The van der Waals surface area contributed by atoms with Crippen LogP contribution in [0.25, 0.3) is 0 Å². The summed E-state index contributed by atoms with van der Waals surface area (Å²) in [5.41, 5.74) is 2.61. The molecular weight excluding hydrogens is 288 g/mol. The first-order valence-electron chi connectivity index (χ1n) is 6.83. The van der Waals surface area contributed by atoms with Crippen LogP contribution < -0.4 is 5.43 Å². The van der Waals surface area contributed by atoms with E-state index in [4.69, 9.17) is 4.74 Å². The predicted molar refractivity (Wildman–Crippen MR) is 79.0 cm³/mol. The van der Waals surface area contributed by atoms with Crippen LogP contribution in [0.2, 0.25) is 0 Å². The summed E-state index contributed by atoms with van der Waals surface area (Å²) in [6.45, 7) is 3.68. The van der Waals surface area contributed by atoms with Crippen molar-refractivity contribution in [2.45, 2.75) is 20.3 Å². The van der Waals surface area contributed by atoms with Gasteiger partial charge in [0.25, 0.3) is 5.91 Å². The first-order chi connectivity index (χ1) is 10.6.